The summed E-state index contributed by atoms with van der Waals surface area (Å²) in [5, 5.41) is 3.25. The number of hydrogen-bond acceptors (Lipinski definition) is 3. The Morgan fingerprint density at radius 3 is 2.48 bits per heavy atom. The zero-order chi connectivity index (χ0) is 15.7. The average molecular weight is 312 g/mol. The van der Waals surface area contributed by atoms with Crippen LogP contribution in [0.1, 0.15) is 51.2 Å². The Bertz CT molecular complexity index is 515. The van der Waals surface area contributed by atoms with Crippen LogP contribution in [0.5, 0.6) is 0 Å². The van der Waals surface area contributed by atoms with Gasteiger partial charge in [-0.25, -0.2) is 13.1 Å². The van der Waals surface area contributed by atoms with Gasteiger partial charge in [0.2, 0.25) is 10.0 Å². The van der Waals surface area contributed by atoms with Crippen LogP contribution in [0.3, 0.4) is 0 Å². The van der Waals surface area contributed by atoms with Gasteiger partial charge in [0.15, 0.2) is 0 Å². The van der Waals surface area contributed by atoms with E-state index in [0.29, 0.717) is 0 Å². The lowest BCUT2D eigenvalue weighted by atomic mass is 10.1. The maximum atomic E-state index is 12.2. The molecule has 0 radical (unpaired) electrons. The predicted molar refractivity (Wildman–Crippen MR) is 88.6 cm³/mol. The molecule has 5 heteroatoms. The van der Waals surface area contributed by atoms with Gasteiger partial charge < -0.3 is 5.32 Å². The molecule has 0 fully saturated rings. The summed E-state index contributed by atoms with van der Waals surface area (Å²) in [5.74, 6) is 0.0488. The largest absolute Gasteiger partial charge is 0.313 e. The van der Waals surface area contributed by atoms with E-state index in [4.69, 9.17) is 0 Å². The maximum Gasteiger partial charge on any atom is 0.216 e. The molecule has 1 unspecified atom stereocenters. The lowest BCUT2D eigenvalue weighted by Gasteiger charge is -2.16. The molecular weight excluding hydrogens is 284 g/mol. The number of benzene rings is 1. The molecule has 0 aromatic heterocycles. The van der Waals surface area contributed by atoms with Crippen LogP contribution in [0.25, 0.3) is 0 Å². The van der Waals surface area contributed by atoms with Crippen molar-refractivity contribution in [1.29, 1.82) is 0 Å². The van der Waals surface area contributed by atoms with Gasteiger partial charge in [-0.2, -0.15) is 0 Å². The van der Waals surface area contributed by atoms with Gasteiger partial charge in [-0.1, -0.05) is 51.5 Å². The third kappa shape index (κ3) is 7.07. The SMILES string of the molecule is CCCC(CC)NS(=O)(=O)Cc1cccc(CNCC)c1. The number of sulfonamides is 1. The smallest absolute Gasteiger partial charge is 0.216 e. The Labute approximate surface area is 129 Å². The van der Waals surface area contributed by atoms with E-state index >= 15 is 0 Å². The highest BCUT2D eigenvalue weighted by Gasteiger charge is 2.16. The number of nitrogens with one attached hydrogen (secondary N) is 2. The van der Waals surface area contributed by atoms with E-state index in [9.17, 15) is 8.42 Å². The molecule has 4 nitrogen and oxygen atoms in total. The number of rotatable bonds is 10. The van der Waals surface area contributed by atoms with Crippen LogP contribution in [-0.4, -0.2) is 21.0 Å². The molecule has 0 saturated heterocycles. The van der Waals surface area contributed by atoms with Crippen molar-refractivity contribution in [3.05, 3.63) is 35.4 Å². The second kappa shape index (κ2) is 9.18. The minimum Gasteiger partial charge on any atom is -0.313 e. The molecule has 21 heavy (non-hydrogen) atoms. The highest BCUT2D eigenvalue weighted by atomic mass is 32.2. The van der Waals surface area contributed by atoms with Gasteiger partial charge in [0.25, 0.3) is 0 Å². The molecule has 0 spiro atoms. The van der Waals surface area contributed by atoms with Crippen molar-refractivity contribution in [3.63, 3.8) is 0 Å². The minimum absolute atomic E-state index is 0.0462. The van der Waals surface area contributed by atoms with Crippen molar-refractivity contribution < 1.29 is 8.42 Å². The van der Waals surface area contributed by atoms with Crippen LogP contribution < -0.4 is 10.0 Å². The molecule has 1 rings (SSSR count). The van der Waals surface area contributed by atoms with Crippen molar-refractivity contribution in [2.45, 2.75) is 58.4 Å². The Kier molecular flexibility index (Phi) is 7.93. The summed E-state index contributed by atoms with van der Waals surface area (Å²) in [7, 11) is -3.28. The van der Waals surface area contributed by atoms with Gasteiger partial charge in [0.05, 0.1) is 5.75 Å². The second-order valence-electron chi connectivity index (χ2n) is 5.37. The van der Waals surface area contributed by atoms with Crippen LogP contribution in [0.4, 0.5) is 0 Å². The Hall–Kier alpha value is -0.910. The van der Waals surface area contributed by atoms with E-state index in [1.165, 1.54) is 0 Å². The zero-order valence-electron chi connectivity index (χ0n) is 13.4. The van der Waals surface area contributed by atoms with Gasteiger partial charge in [-0.05, 0) is 30.5 Å². The van der Waals surface area contributed by atoms with Crippen LogP contribution >= 0.6 is 0 Å². The van der Waals surface area contributed by atoms with Gasteiger partial charge in [0, 0.05) is 12.6 Å². The normalized spacial score (nSPS) is 13.3. The van der Waals surface area contributed by atoms with Crippen LogP contribution in [0.2, 0.25) is 0 Å². The monoisotopic (exact) mass is 312 g/mol. The van der Waals surface area contributed by atoms with Crippen molar-refractivity contribution in [1.82, 2.24) is 10.0 Å². The van der Waals surface area contributed by atoms with E-state index in [0.717, 1.165) is 43.5 Å². The van der Waals surface area contributed by atoms with Crippen molar-refractivity contribution in [3.8, 4) is 0 Å². The molecule has 120 valence electrons. The fourth-order valence-electron chi connectivity index (χ4n) is 2.31. The van der Waals surface area contributed by atoms with E-state index in [-0.39, 0.29) is 11.8 Å². The lowest BCUT2D eigenvalue weighted by Crippen LogP contribution is -2.35. The summed E-state index contributed by atoms with van der Waals surface area (Å²) >= 11 is 0. The molecule has 1 aromatic rings. The first-order valence-corrected chi connectivity index (χ1v) is 9.44. The summed E-state index contributed by atoms with van der Waals surface area (Å²) in [5.41, 5.74) is 1.95. The molecule has 0 saturated carbocycles. The summed E-state index contributed by atoms with van der Waals surface area (Å²) in [6.07, 6.45) is 2.70. The third-order valence-electron chi connectivity index (χ3n) is 3.40. The molecule has 1 aromatic carbocycles. The predicted octanol–water partition coefficient (Wildman–Crippen LogP) is 2.79. The van der Waals surface area contributed by atoms with Crippen molar-refractivity contribution in [2.75, 3.05) is 6.54 Å². The Morgan fingerprint density at radius 1 is 1.14 bits per heavy atom. The molecular formula is C16H28N2O2S. The van der Waals surface area contributed by atoms with Gasteiger partial charge in [-0.15, -0.1) is 0 Å². The van der Waals surface area contributed by atoms with Crippen LogP contribution in [-0.2, 0) is 22.3 Å². The fourth-order valence-corrected chi connectivity index (χ4v) is 3.80. The van der Waals surface area contributed by atoms with Crippen molar-refractivity contribution >= 4 is 10.0 Å². The molecule has 0 bridgehead atoms. The molecule has 1 atom stereocenters. The first-order valence-electron chi connectivity index (χ1n) is 7.79. The van der Waals surface area contributed by atoms with E-state index in [1.54, 1.807) is 0 Å². The van der Waals surface area contributed by atoms with E-state index < -0.39 is 10.0 Å². The van der Waals surface area contributed by atoms with Crippen LogP contribution in [0.15, 0.2) is 24.3 Å². The number of hydrogen-bond donors (Lipinski definition) is 2. The first kappa shape index (κ1) is 18.1. The Morgan fingerprint density at radius 2 is 1.86 bits per heavy atom. The molecule has 0 aliphatic carbocycles. The summed E-state index contributed by atoms with van der Waals surface area (Å²) < 4.78 is 27.3. The highest BCUT2D eigenvalue weighted by Crippen LogP contribution is 2.11. The second-order valence-corrected chi connectivity index (χ2v) is 7.12. The first-order chi connectivity index (χ1) is 10.0. The fraction of sp³-hybridized carbons (Fsp3) is 0.625. The van der Waals surface area contributed by atoms with Gasteiger partial charge >= 0.3 is 0 Å². The van der Waals surface area contributed by atoms with Gasteiger partial charge in [-0.3, -0.25) is 0 Å². The van der Waals surface area contributed by atoms with E-state index in [1.807, 2.05) is 31.2 Å². The van der Waals surface area contributed by atoms with Gasteiger partial charge in [0.1, 0.15) is 0 Å². The molecule has 0 aliphatic heterocycles. The summed E-state index contributed by atoms with van der Waals surface area (Å²) in [6, 6.07) is 7.81. The maximum absolute atomic E-state index is 12.2. The van der Waals surface area contributed by atoms with E-state index in [2.05, 4.69) is 23.9 Å². The van der Waals surface area contributed by atoms with Crippen molar-refractivity contribution in [2.24, 2.45) is 0 Å². The molecule has 0 amide bonds. The Balaban J connectivity index is 2.70. The highest BCUT2D eigenvalue weighted by molar-refractivity contribution is 7.88. The molecule has 2 N–H and O–H groups in total. The quantitative estimate of drug-likeness (QED) is 0.698. The lowest BCUT2D eigenvalue weighted by molar-refractivity contribution is 0.512. The standard InChI is InChI=1S/C16H28N2O2S/c1-4-8-16(5-2)18-21(19,20)13-15-10-7-9-14(11-15)12-17-6-3/h7,9-11,16-18H,4-6,8,12-13H2,1-3H3. The van der Waals surface area contributed by atoms with Crippen LogP contribution in [0, 0.1) is 0 Å². The average Bonchev–Trinajstić information content (AvgIpc) is 2.44. The molecule has 0 heterocycles. The minimum atomic E-state index is -3.28. The topological polar surface area (TPSA) is 58.2 Å². The summed E-state index contributed by atoms with van der Waals surface area (Å²) in [4.78, 5) is 0. The third-order valence-corrected chi connectivity index (χ3v) is 4.81. The molecule has 0 aliphatic rings. The summed E-state index contributed by atoms with van der Waals surface area (Å²) in [6.45, 7) is 7.81. The zero-order valence-corrected chi connectivity index (χ0v) is 14.2.